The summed E-state index contributed by atoms with van der Waals surface area (Å²) in [4.78, 5) is 0. The van der Waals surface area contributed by atoms with Crippen LogP contribution in [-0.2, 0) is 17.6 Å². The standard InChI is InChI=1S/C10H10Cl3/c1-7-9(5-12)2-8(4-11)3-10(7)6-13/h2-3H,1,4-6H2. The SMILES string of the molecule is [CH2]c1c(CCl)cc(CCl)cc1CCl. The maximum atomic E-state index is 5.76. The Kier molecular flexibility index (Phi) is 4.37. The molecule has 0 atom stereocenters. The van der Waals surface area contributed by atoms with Crippen molar-refractivity contribution in [2.24, 2.45) is 0 Å². The molecule has 0 nitrogen and oxygen atoms in total. The predicted octanol–water partition coefficient (Wildman–Crippen LogP) is 4.09. The fraction of sp³-hybridized carbons (Fsp3) is 0.300. The van der Waals surface area contributed by atoms with Crippen molar-refractivity contribution in [3.63, 3.8) is 0 Å². The zero-order valence-electron chi connectivity index (χ0n) is 7.12. The molecule has 1 aromatic rings. The molecule has 0 aliphatic rings. The molecule has 0 bridgehead atoms. The fourth-order valence-corrected chi connectivity index (χ4v) is 1.82. The molecule has 3 heteroatoms. The summed E-state index contributed by atoms with van der Waals surface area (Å²) in [5, 5.41) is 0. The highest BCUT2D eigenvalue weighted by atomic mass is 35.5. The molecule has 0 heterocycles. The summed E-state index contributed by atoms with van der Waals surface area (Å²) in [6, 6.07) is 3.94. The molecule has 0 spiro atoms. The maximum Gasteiger partial charge on any atom is 0.0477 e. The molecule has 0 saturated carbocycles. The van der Waals surface area contributed by atoms with Gasteiger partial charge in [0.2, 0.25) is 0 Å². The Morgan fingerprint density at radius 3 is 1.69 bits per heavy atom. The van der Waals surface area contributed by atoms with Crippen LogP contribution in [0.4, 0.5) is 0 Å². The summed E-state index contributed by atoms with van der Waals surface area (Å²) in [6.07, 6.45) is 0. The molecule has 0 aromatic heterocycles. The van der Waals surface area contributed by atoms with Gasteiger partial charge in [0.05, 0.1) is 0 Å². The minimum Gasteiger partial charge on any atom is -0.122 e. The van der Waals surface area contributed by atoms with Gasteiger partial charge in [-0.05, 0) is 29.2 Å². The number of halogens is 3. The third-order valence-corrected chi connectivity index (χ3v) is 2.82. The first-order valence-electron chi connectivity index (χ1n) is 3.87. The van der Waals surface area contributed by atoms with E-state index >= 15 is 0 Å². The van der Waals surface area contributed by atoms with Crippen molar-refractivity contribution in [3.05, 3.63) is 41.3 Å². The van der Waals surface area contributed by atoms with Crippen LogP contribution in [0.3, 0.4) is 0 Å². The highest BCUT2D eigenvalue weighted by Crippen LogP contribution is 2.21. The molecule has 0 N–H and O–H groups in total. The van der Waals surface area contributed by atoms with Gasteiger partial charge in [0.25, 0.3) is 0 Å². The van der Waals surface area contributed by atoms with Crippen molar-refractivity contribution < 1.29 is 0 Å². The molecule has 0 amide bonds. The quantitative estimate of drug-likeness (QED) is 0.694. The second-order valence-corrected chi connectivity index (χ2v) is 3.60. The second-order valence-electron chi connectivity index (χ2n) is 2.79. The summed E-state index contributed by atoms with van der Waals surface area (Å²) < 4.78 is 0. The number of rotatable bonds is 3. The molecule has 0 aliphatic carbocycles. The predicted molar refractivity (Wildman–Crippen MR) is 59.6 cm³/mol. The Bertz CT molecular complexity index is 269. The topological polar surface area (TPSA) is 0 Å². The van der Waals surface area contributed by atoms with E-state index in [1.165, 1.54) is 0 Å². The Labute approximate surface area is 93.8 Å². The van der Waals surface area contributed by atoms with Gasteiger partial charge in [0.15, 0.2) is 0 Å². The Morgan fingerprint density at radius 2 is 1.38 bits per heavy atom. The highest BCUT2D eigenvalue weighted by Gasteiger charge is 2.05. The van der Waals surface area contributed by atoms with Gasteiger partial charge >= 0.3 is 0 Å². The lowest BCUT2D eigenvalue weighted by Gasteiger charge is -2.09. The molecule has 0 saturated heterocycles. The van der Waals surface area contributed by atoms with E-state index in [2.05, 4.69) is 6.92 Å². The molecular formula is C10H10Cl3. The fourth-order valence-electron chi connectivity index (χ4n) is 1.19. The van der Waals surface area contributed by atoms with Crippen molar-refractivity contribution in [1.29, 1.82) is 0 Å². The first-order valence-corrected chi connectivity index (χ1v) is 5.47. The Hall–Kier alpha value is 0.0900. The first-order chi connectivity index (χ1) is 6.22. The van der Waals surface area contributed by atoms with E-state index in [0.717, 1.165) is 22.3 Å². The van der Waals surface area contributed by atoms with Crippen LogP contribution >= 0.6 is 34.8 Å². The highest BCUT2D eigenvalue weighted by molar-refractivity contribution is 6.18. The third kappa shape index (κ3) is 2.52. The molecule has 1 rings (SSSR count). The van der Waals surface area contributed by atoms with Gasteiger partial charge in [-0.1, -0.05) is 12.1 Å². The Morgan fingerprint density at radius 1 is 0.923 bits per heavy atom. The van der Waals surface area contributed by atoms with Crippen LogP contribution in [0.25, 0.3) is 0 Å². The van der Waals surface area contributed by atoms with Crippen LogP contribution in [0.2, 0.25) is 0 Å². The van der Waals surface area contributed by atoms with Crippen LogP contribution in [0.5, 0.6) is 0 Å². The largest absolute Gasteiger partial charge is 0.122 e. The number of benzene rings is 1. The maximum absolute atomic E-state index is 5.76. The molecular weight excluding hydrogens is 226 g/mol. The van der Waals surface area contributed by atoms with Gasteiger partial charge in [-0.2, -0.15) is 0 Å². The minimum atomic E-state index is 0.452. The van der Waals surface area contributed by atoms with Crippen LogP contribution in [0.1, 0.15) is 22.3 Å². The van der Waals surface area contributed by atoms with E-state index in [0.29, 0.717) is 17.6 Å². The van der Waals surface area contributed by atoms with Crippen LogP contribution in [-0.4, -0.2) is 0 Å². The lowest BCUT2D eigenvalue weighted by atomic mass is 10.0. The third-order valence-electron chi connectivity index (χ3n) is 1.94. The molecule has 0 fully saturated rings. The van der Waals surface area contributed by atoms with Gasteiger partial charge in [0.1, 0.15) is 0 Å². The van der Waals surface area contributed by atoms with E-state index < -0.39 is 0 Å². The van der Waals surface area contributed by atoms with Gasteiger partial charge in [-0.3, -0.25) is 0 Å². The minimum absolute atomic E-state index is 0.452. The van der Waals surface area contributed by atoms with Crippen molar-refractivity contribution in [1.82, 2.24) is 0 Å². The summed E-state index contributed by atoms with van der Waals surface area (Å²) in [5.41, 5.74) is 3.99. The van der Waals surface area contributed by atoms with E-state index in [1.807, 2.05) is 12.1 Å². The average Bonchev–Trinajstić information content (AvgIpc) is 2.18. The first kappa shape index (κ1) is 11.2. The molecule has 71 valence electrons. The zero-order chi connectivity index (χ0) is 9.84. The molecule has 0 unspecified atom stereocenters. The lowest BCUT2D eigenvalue weighted by Crippen LogP contribution is -1.94. The van der Waals surface area contributed by atoms with Crippen molar-refractivity contribution >= 4 is 34.8 Å². The number of hydrogen-bond acceptors (Lipinski definition) is 0. The molecule has 1 radical (unpaired) electrons. The van der Waals surface area contributed by atoms with Gasteiger partial charge in [-0.25, -0.2) is 0 Å². The average molecular weight is 237 g/mol. The number of alkyl halides is 3. The van der Waals surface area contributed by atoms with Crippen molar-refractivity contribution in [3.8, 4) is 0 Å². The van der Waals surface area contributed by atoms with E-state index in [4.69, 9.17) is 34.8 Å². The van der Waals surface area contributed by atoms with Crippen molar-refractivity contribution in [2.45, 2.75) is 17.6 Å². The van der Waals surface area contributed by atoms with Crippen LogP contribution in [0, 0.1) is 6.92 Å². The van der Waals surface area contributed by atoms with Gasteiger partial charge in [-0.15, -0.1) is 34.8 Å². The molecule has 0 aliphatic heterocycles. The smallest absolute Gasteiger partial charge is 0.0477 e. The normalized spacial score (nSPS) is 10.5. The van der Waals surface area contributed by atoms with Crippen molar-refractivity contribution in [2.75, 3.05) is 0 Å². The van der Waals surface area contributed by atoms with E-state index in [1.54, 1.807) is 0 Å². The van der Waals surface area contributed by atoms with E-state index in [-0.39, 0.29) is 0 Å². The summed E-state index contributed by atoms with van der Waals surface area (Å²) in [5.74, 6) is 1.38. The molecule has 13 heavy (non-hydrogen) atoms. The second kappa shape index (κ2) is 5.09. The number of hydrogen-bond donors (Lipinski definition) is 0. The molecule has 1 aromatic carbocycles. The zero-order valence-corrected chi connectivity index (χ0v) is 9.38. The summed E-state index contributed by atoms with van der Waals surface area (Å²) >= 11 is 17.3. The Balaban J connectivity index is 3.20. The van der Waals surface area contributed by atoms with E-state index in [9.17, 15) is 0 Å². The monoisotopic (exact) mass is 235 g/mol. The van der Waals surface area contributed by atoms with Gasteiger partial charge in [0, 0.05) is 17.6 Å². The summed E-state index contributed by atoms with van der Waals surface area (Å²) in [7, 11) is 0. The lowest BCUT2D eigenvalue weighted by molar-refractivity contribution is 1.22. The summed E-state index contributed by atoms with van der Waals surface area (Å²) in [6.45, 7) is 3.93. The van der Waals surface area contributed by atoms with Crippen LogP contribution < -0.4 is 0 Å². The van der Waals surface area contributed by atoms with Gasteiger partial charge < -0.3 is 0 Å². The van der Waals surface area contributed by atoms with Crippen LogP contribution in [0.15, 0.2) is 12.1 Å².